The van der Waals surface area contributed by atoms with Crippen LogP contribution in [0.5, 0.6) is 5.75 Å². The number of ether oxygens (including phenoxy) is 1. The van der Waals surface area contributed by atoms with Crippen molar-refractivity contribution in [1.29, 1.82) is 0 Å². The minimum Gasteiger partial charge on any atom is -0.508 e. The van der Waals surface area contributed by atoms with E-state index in [1.165, 1.54) is 6.26 Å². The third kappa shape index (κ3) is 5.99. The van der Waals surface area contributed by atoms with E-state index in [-0.39, 0.29) is 18.1 Å². The van der Waals surface area contributed by atoms with E-state index in [0.717, 1.165) is 50.0 Å². The summed E-state index contributed by atoms with van der Waals surface area (Å²) < 4.78 is 32.9. The van der Waals surface area contributed by atoms with Gasteiger partial charge in [0.1, 0.15) is 11.6 Å². The van der Waals surface area contributed by atoms with E-state index in [1.54, 1.807) is 12.3 Å². The number of anilines is 1. The van der Waals surface area contributed by atoms with Crippen LogP contribution in [0.25, 0.3) is 0 Å². The fourth-order valence-electron chi connectivity index (χ4n) is 5.01. The number of hydrogen-bond acceptors (Lipinski definition) is 6. The van der Waals surface area contributed by atoms with Gasteiger partial charge in [-0.25, -0.2) is 18.1 Å². The molecule has 2 heterocycles. The lowest BCUT2D eigenvalue weighted by atomic mass is 9.82. The SMILES string of the molecule is CS(=O)(=O)NC1CCN(c2ccccn2)C[C@H]1CO[C@H]1CC[C@@H](c2ccccc2O)CC1. The second-order valence-electron chi connectivity index (χ2n) is 9.04. The maximum Gasteiger partial charge on any atom is 0.208 e. The largest absolute Gasteiger partial charge is 0.508 e. The Balaban J connectivity index is 1.35. The number of phenolic OH excluding ortho intramolecular Hbond substituents is 1. The van der Waals surface area contributed by atoms with Crippen LogP contribution in [-0.4, -0.2) is 56.6 Å². The smallest absolute Gasteiger partial charge is 0.208 e. The second-order valence-corrected chi connectivity index (χ2v) is 10.8. The maximum atomic E-state index is 11.9. The Morgan fingerprint density at radius 3 is 2.53 bits per heavy atom. The van der Waals surface area contributed by atoms with Gasteiger partial charge < -0.3 is 14.7 Å². The molecule has 2 aromatic rings. The molecule has 2 aliphatic rings. The van der Waals surface area contributed by atoms with Gasteiger partial charge in [0, 0.05) is 31.2 Å². The Kier molecular flexibility index (Phi) is 7.33. The summed E-state index contributed by atoms with van der Waals surface area (Å²) in [5.74, 6) is 1.71. The molecule has 2 N–H and O–H groups in total. The number of nitrogens with one attached hydrogen (secondary N) is 1. The first-order chi connectivity index (χ1) is 15.4. The van der Waals surface area contributed by atoms with Crippen LogP contribution in [-0.2, 0) is 14.8 Å². The fourth-order valence-corrected chi connectivity index (χ4v) is 5.87. The minimum absolute atomic E-state index is 0.0522. The topological polar surface area (TPSA) is 91.8 Å². The zero-order chi connectivity index (χ0) is 22.6. The van der Waals surface area contributed by atoms with Crippen LogP contribution in [0.3, 0.4) is 0 Å². The summed E-state index contributed by atoms with van der Waals surface area (Å²) in [5.41, 5.74) is 1.03. The molecule has 7 nitrogen and oxygen atoms in total. The predicted octanol–water partition coefficient (Wildman–Crippen LogP) is 3.27. The molecule has 1 aromatic carbocycles. The van der Waals surface area contributed by atoms with Crippen molar-refractivity contribution in [1.82, 2.24) is 9.71 Å². The highest BCUT2D eigenvalue weighted by molar-refractivity contribution is 7.88. The van der Waals surface area contributed by atoms with E-state index in [4.69, 9.17) is 4.74 Å². The van der Waals surface area contributed by atoms with Crippen molar-refractivity contribution >= 4 is 15.8 Å². The average Bonchev–Trinajstić information content (AvgIpc) is 2.79. The molecule has 32 heavy (non-hydrogen) atoms. The summed E-state index contributed by atoms with van der Waals surface area (Å²) in [6, 6.07) is 13.3. The van der Waals surface area contributed by atoms with Gasteiger partial charge in [-0.1, -0.05) is 24.3 Å². The molecule has 1 aliphatic heterocycles. The Morgan fingerprint density at radius 2 is 1.84 bits per heavy atom. The van der Waals surface area contributed by atoms with Crippen LogP contribution >= 0.6 is 0 Å². The molecule has 0 bridgehead atoms. The number of pyridine rings is 1. The molecule has 8 heteroatoms. The zero-order valence-electron chi connectivity index (χ0n) is 18.6. The molecule has 0 radical (unpaired) electrons. The molecule has 1 aliphatic carbocycles. The van der Waals surface area contributed by atoms with Gasteiger partial charge in [0.05, 0.1) is 19.0 Å². The number of aromatic nitrogens is 1. The predicted molar refractivity (Wildman–Crippen MR) is 125 cm³/mol. The van der Waals surface area contributed by atoms with Gasteiger partial charge in [-0.15, -0.1) is 0 Å². The number of sulfonamides is 1. The fraction of sp³-hybridized carbons (Fsp3) is 0.542. The number of para-hydroxylation sites is 1. The number of nitrogens with zero attached hydrogens (tertiary/aromatic N) is 2. The Bertz CT molecular complexity index is 978. The van der Waals surface area contributed by atoms with Crippen molar-refractivity contribution in [3.05, 3.63) is 54.2 Å². The summed E-state index contributed by atoms with van der Waals surface area (Å²) in [7, 11) is -3.29. The molecule has 1 unspecified atom stereocenters. The first kappa shape index (κ1) is 23.0. The van der Waals surface area contributed by atoms with Gasteiger partial charge in [0.25, 0.3) is 0 Å². The van der Waals surface area contributed by atoms with Crippen molar-refractivity contribution in [3.8, 4) is 5.75 Å². The first-order valence-electron chi connectivity index (χ1n) is 11.4. The Labute approximate surface area is 190 Å². The number of hydrogen-bond donors (Lipinski definition) is 2. The van der Waals surface area contributed by atoms with E-state index < -0.39 is 10.0 Å². The normalized spacial score (nSPS) is 26.7. The van der Waals surface area contributed by atoms with Gasteiger partial charge in [-0.05, 0) is 61.8 Å². The van der Waals surface area contributed by atoms with Gasteiger partial charge in [0.15, 0.2) is 0 Å². The maximum absolute atomic E-state index is 11.9. The number of aromatic hydroxyl groups is 1. The van der Waals surface area contributed by atoms with Crippen LogP contribution in [0.2, 0.25) is 0 Å². The van der Waals surface area contributed by atoms with Crippen LogP contribution in [0.4, 0.5) is 5.82 Å². The quantitative estimate of drug-likeness (QED) is 0.660. The summed E-state index contributed by atoms with van der Waals surface area (Å²) in [4.78, 5) is 6.67. The van der Waals surface area contributed by atoms with E-state index in [0.29, 0.717) is 24.8 Å². The summed E-state index contributed by atoms with van der Waals surface area (Å²) in [5, 5.41) is 10.1. The van der Waals surface area contributed by atoms with Crippen molar-refractivity contribution in [2.75, 3.05) is 30.9 Å². The molecule has 1 saturated carbocycles. The van der Waals surface area contributed by atoms with Crippen molar-refractivity contribution in [3.63, 3.8) is 0 Å². The van der Waals surface area contributed by atoms with Crippen LogP contribution in [0.15, 0.2) is 48.7 Å². The third-order valence-corrected chi connectivity index (χ3v) is 7.40. The highest BCUT2D eigenvalue weighted by Gasteiger charge is 2.33. The molecule has 2 fully saturated rings. The van der Waals surface area contributed by atoms with Crippen molar-refractivity contribution < 1.29 is 18.3 Å². The average molecular weight is 460 g/mol. The molecular weight excluding hydrogens is 426 g/mol. The lowest BCUT2D eigenvalue weighted by Gasteiger charge is -2.40. The zero-order valence-corrected chi connectivity index (χ0v) is 19.4. The van der Waals surface area contributed by atoms with Crippen molar-refractivity contribution in [2.45, 2.75) is 50.2 Å². The lowest BCUT2D eigenvalue weighted by Crippen LogP contribution is -2.52. The van der Waals surface area contributed by atoms with E-state index in [2.05, 4.69) is 14.6 Å². The third-order valence-electron chi connectivity index (χ3n) is 6.67. The van der Waals surface area contributed by atoms with E-state index in [1.807, 2.05) is 36.4 Å². The molecule has 0 amide bonds. The highest BCUT2D eigenvalue weighted by Crippen LogP contribution is 2.38. The number of phenols is 1. The van der Waals surface area contributed by atoms with Crippen LogP contribution in [0.1, 0.15) is 43.6 Å². The standard InChI is InChI=1S/C24H33N3O4S/c1-32(29,30)26-22-13-15-27(24-8-4-5-14-25-24)16-19(22)17-31-20-11-9-18(10-12-20)21-6-2-3-7-23(21)28/h2-8,14,18-20,22,26,28H,9-13,15-17H2,1H3/t18-,19-,20+,22?/m0/s1. The number of piperidine rings is 1. The lowest BCUT2D eigenvalue weighted by molar-refractivity contribution is -0.00223. The molecule has 4 rings (SSSR count). The number of benzene rings is 1. The van der Waals surface area contributed by atoms with Gasteiger partial charge in [0.2, 0.25) is 10.0 Å². The Hall–Kier alpha value is -2.16. The van der Waals surface area contributed by atoms with Crippen molar-refractivity contribution in [2.24, 2.45) is 5.92 Å². The molecule has 174 valence electrons. The summed E-state index contributed by atoms with van der Waals surface area (Å²) in [6.07, 6.45) is 7.75. The van der Waals surface area contributed by atoms with Crippen LogP contribution in [0, 0.1) is 5.92 Å². The highest BCUT2D eigenvalue weighted by atomic mass is 32.2. The Morgan fingerprint density at radius 1 is 1.09 bits per heavy atom. The molecule has 1 aromatic heterocycles. The summed E-state index contributed by atoms with van der Waals surface area (Å²) >= 11 is 0. The van der Waals surface area contributed by atoms with Gasteiger partial charge in [-0.3, -0.25) is 0 Å². The second kappa shape index (κ2) is 10.2. The van der Waals surface area contributed by atoms with Gasteiger partial charge >= 0.3 is 0 Å². The molecular formula is C24H33N3O4S. The minimum atomic E-state index is -3.29. The van der Waals surface area contributed by atoms with Crippen LogP contribution < -0.4 is 9.62 Å². The molecule has 0 spiro atoms. The molecule has 2 atom stereocenters. The monoisotopic (exact) mass is 459 g/mol. The van der Waals surface area contributed by atoms with E-state index in [9.17, 15) is 13.5 Å². The summed E-state index contributed by atoms with van der Waals surface area (Å²) in [6.45, 7) is 1.98. The number of rotatable bonds is 7. The van der Waals surface area contributed by atoms with E-state index >= 15 is 0 Å². The molecule has 1 saturated heterocycles. The van der Waals surface area contributed by atoms with Gasteiger partial charge in [-0.2, -0.15) is 0 Å². The first-order valence-corrected chi connectivity index (χ1v) is 13.3.